The first-order chi connectivity index (χ1) is 7.75. The van der Waals surface area contributed by atoms with Gasteiger partial charge in [0.05, 0.1) is 0 Å². The molecule has 3 saturated heterocycles. The molecule has 0 radical (unpaired) electrons. The fraction of sp³-hybridized carbons (Fsp3) is 1.00. The van der Waals surface area contributed by atoms with Crippen LogP contribution in [0.1, 0.15) is 26.2 Å². The summed E-state index contributed by atoms with van der Waals surface area (Å²) in [6.45, 7) is 10.1. The van der Waals surface area contributed by atoms with Gasteiger partial charge in [0, 0.05) is 32.2 Å². The number of nitrogens with zero attached hydrogens (tertiary/aromatic N) is 1. The average molecular weight is 260 g/mol. The maximum atomic E-state index is 3.69. The minimum absolute atomic E-state index is 0. The molecule has 3 aliphatic heterocycles. The molecule has 0 spiro atoms. The number of hydrogen-bond donors (Lipinski definition) is 2. The van der Waals surface area contributed by atoms with Gasteiger partial charge < -0.3 is 15.5 Å². The zero-order valence-corrected chi connectivity index (χ0v) is 11.7. The van der Waals surface area contributed by atoms with E-state index in [1.54, 1.807) is 0 Å². The Morgan fingerprint density at radius 3 is 2.88 bits per heavy atom. The van der Waals surface area contributed by atoms with Crippen LogP contribution in [0.4, 0.5) is 0 Å². The molecule has 17 heavy (non-hydrogen) atoms. The molecule has 1 unspecified atom stereocenters. The van der Waals surface area contributed by atoms with E-state index in [1.807, 2.05) is 0 Å². The van der Waals surface area contributed by atoms with E-state index >= 15 is 0 Å². The Bertz CT molecular complexity index is 239. The summed E-state index contributed by atoms with van der Waals surface area (Å²) in [5, 5.41) is 7.20. The van der Waals surface area contributed by atoms with Crippen molar-refractivity contribution in [3.8, 4) is 0 Å². The van der Waals surface area contributed by atoms with Crippen molar-refractivity contribution in [2.45, 2.75) is 32.2 Å². The summed E-state index contributed by atoms with van der Waals surface area (Å²) in [6.07, 6.45) is 4.18. The Hall–Kier alpha value is 0.170. The fourth-order valence-electron chi connectivity index (χ4n) is 3.81. The highest BCUT2D eigenvalue weighted by atomic mass is 35.5. The second-order valence-corrected chi connectivity index (χ2v) is 6.39. The number of fused-ring (bicyclic) bond motifs is 1. The molecule has 0 aromatic rings. The lowest BCUT2D eigenvalue weighted by molar-refractivity contribution is 0.202. The molecule has 0 bridgehead atoms. The van der Waals surface area contributed by atoms with E-state index in [0.29, 0.717) is 5.41 Å². The highest BCUT2D eigenvalue weighted by Gasteiger charge is 2.38. The van der Waals surface area contributed by atoms with Gasteiger partial charge in [0.2, 0.25) is 0 Å². The smallest absolute Gasteiger partial charge is 0.0235 e. The van der Waals surface area contributed by atoms with Crippen LogP contribution in [0, 0.1) is 11.3 Å². The standard InChI is InChI=1S/C13H25N3.ClH/c1-13(4-6-14-9-13)10-16-7-11-3-2-5-15-12(11)8-16;/h11-12,14-15H,2-10H2,1H3;1H/t11-,12+,13?;/m0./s1. The van der Waals surface area contributed by atoms with Gasteiger partial charge in [-0.25, -0.2) is 0 Å². The normalized spacial score (nSPS) is 42.2. The molecule has 0 aromatic heterocycles. The van der Waals surface area contributed by atoms with Gasteiger partial charge in [0.15, 0.2) is 0 Å². The molecule has 4 heteroatoms. The summed E-state index contributed by atoms with van der Waals surface area (Å²) >= 11 is 0. The van der Waals surface area contributed by atoms with E-state index in [4.69, 9.17) is 0 Å². The van der Waals surface area contributed by atoms with Crippen LogP contribution in [0.2, 0.25) is 0 Å². The molecule has 3 rings (SSSR count). The monoisotopic (exact) mass is 259 g/mol. The second-order valence-electron chi connectivity index (χ2n) is 6.39. The Labute approximate surface area is 111 Å². The molecular weight excluding hydrogens is 234 g/mol. The van der Waals surface area contributed by atoms with Crippen molar-refractivity contribution in [1.29, 1.82) is 0 Å². The van der Waals surface area contributed by atoms with Crippen LogP contribution in [0.3, 0.4) is 0 Å². The number of rotatable bonds is 2. The van der Waals surface area contributed by atoms with Gasteiger partial charge in [0.1, 0.15) is 0 Å². The zero-order chi connectivity index (χ0) is 11.0. The number of likely N-dealkylation sites (tertiary alicyclic amines) is 1. The van der Waals surface area contributed by atoms with Crippen LogP contribution >= 0.6 is 12.4 Å². The molecular formula is C13H26ClN3. The van der Waals surface area contributed by atoms with Gasteiger partial charge >= 0.3 is 0 Å². The lowest BCUT2D eigenvalue weighted by Gasteiger charge is -2.29. The van der Waals surface area contributed by atoms with Crippen molar-refractivity contribution < 1.29 is 0 Å². The Kier molecular flexibility index (Phi) is 4.35. The highest BCUT2D eigenvalue weighted by Crippen LogP contribution is 2.30. The molecule has 2 N–H and O–H groups in total. The van der Waals surface area contributed by atoms with Gasteiger partial charge in [-0.15, -0.1) is 12.4 Å². The minimum atomic E-state index is 0. The molecule has 100 valence electrons. The lowest BCUT2D eigenvalue weighted by atomic mass is 9.89. The van der Waals surface area contributed by atoms with Crippen LogP contribution in [0.5, 0.6) is 0 Å². The summed E-state index contributed by atoms with van der Waals surface area (Å²) in [5.41, 5.74) is 0.535. The minimum Gasteiger partial charge on any atom is -0.316 e. The van der Waals surface area contributed by atoms with E-state index in [2.05, 4.69) is 22.5 Å². The molecule has 0 aromatic carbocycles. The van der Waals surface area contributed by atoms with E-state index in [-0.39, 0.29) is 12.4 Å². The Morgan fingerprint density at radius 2 is 2.18 bits per heavy atom. The van der Waals surface area contributed by atoms with Crippen LogP contribution in [0.25, 0.3) is 0 Å². The third-order valence-corrected chi connectivity index (χ3v) is 4.74. The first-order valence-electron chi connectivity index (χ1n) is 6.92. The van der Waals surface area contributed by atoms with Crippen LogP contribution in [-0.4, -0.2) is 50.2 Å². The fourth-order valence-corrected chi connectivity index (χ4v) is 3.81. The van der Waals surface area contributed by atoms with E-state index in [0.717, 1.165) is 12.0 Å². The molecule has 3 aliphatic rings. The summed E-state index contributed by atoms with van der Waals surface area (Å²) in [6, 6.07) is 0.798. The predicted molar refractivity (Wildman–Crippen MR) is 73.8 cm³/mol. The maximum Gasteiger partial charge on any atom is 0.0235 e. The average Bonchev–Trinajstić information content (AvgIpc) is 2.84. The molecule has 0 aliphatic carbocycles. The van der Waals surface area contributed by atoms with Crippen molar-refractivity contribution in [3.05, 3.63) is 0 Å². The third-order valence-electron chi connectivity index (χ3n) is 4.74. The molecule has 3 nitrogen and oxygen atoms in total. The largest absolute Gasteiger partial charge is 0.316 e. The molecule has 3 atom stereocenters. The van der Waals surface area contributed by atoms with Crippen LogP contribution in [0.15, 0.2) is 0 Å². The van der Waals surface area contributed by atoms with Crippen molar-refractivity contribution in [2.24, 2.45) is 11.3 Å². The van der Waals surface area contributed by atoms with Crippen LogP contribution < -0.4 is 10.6 Å². The van der Waals surface area contributed by atoms with Crippen molar-refractivity contribution >= 4 is 12.4 Å². The molecule has 3 fully saturated rings. The second kappa shape index (κ2) is 5.43. The van der Waals surface area contributed by atoms with Gasteiger partial charge in [-0.05, 0) is 43.7 Å². The Morgan fingerprint density at radius 1 is 1.29 bits per heavy atom. The maximum absolute atomic E-state index is 3.69. The van der Waals surface area contributed by atoms with Gasteiger partial charge in [0.25, 0.3) is 0 Å². The first kappa shape index (κ1) is 13.6. The summed E-state index contributed by atoms with van der Waals surface area (Å²) in [5.74, 6) is 0.937. The van der Waals surface area contributed by atoms with Crippen molar-refractivity contribution in [2.75, 3.05) is 39.3 Å². The van der Waals surface area contributed by atoms with E-state index < -0.39 is 0 Å². The molecule has 0 saturated carbocycles. The highest BCUT2D eigenvalue weighted by molar-refractivity contribution is 5.85. The topological polar surface area (TPSA) is 27.3 Å². The quantitative estimate of drug-likeness (QED) is 0.778. The number of halogens is 1. The Balaban J connectivity index is 0.00000108. The molecule has 0 amide bonds. The van der Waals surface area contributed by atoms with Gasteiger partial charge in [-0.3, -0.25) is 0 Å². The SMILES string of the molecule is CC1(CN2C[C@@H]3CCCN[C@@H]3C2)CCNC1.Cl. The lowest BCUT2D eigenvalue weighted by Crippen LogP contribution is -2.41. The summed E-state index contributed by atoms with van der Waals surface area (Å²) in [4.78, 5) is 2.71. The number of piperidine rings is 1. The summed E-state index contributed by atoms with van der Waals surface area (Å²) < 4.78 is 0. The molecule has 3 heterocycles. The number of hydrogen-bond acceptors (Lipinski definition) is 3. The van der Waals surface area contributed by atoms with Crippen molar-refractivity contribution in [3.63, 3.8) is 0 Å². The number of nitrogens with one attached hydrogen (secondary N) is 2. The van der Waals surface area contributed by atoms with Crippen LogP contribution in [-0.2, 0) is 0 Å². The van der Waals surface area contributed by atoms with Crippen molar-refractivity contribution in [1.82, 2.24) is 15.5 Å². The van der Waals surface area contributed by atoms with Gasteiger partial charge in [-0.1, -0.05) is 6.92 Å². The van der Waals surface area contributed by atoms with E-state index in [1.165, 1.54) is 58.5 Å². The summed E-state index contributed by atoms with van der Waals surface area (Å²) in [7, 11) is 0. The first-order valence-corrected chi connectivity index (χ1v) is 6.92. The predicted octanol–water partition coefficient (Wildman–Crippen LogP) is 1.09. The zero-order valence-electron chi connectivity index (χ0n) is 10.9. The third kappa shape index (κ3) is 2.95. The van der Waals surface area contributed by atoms with Gasteiger partial charge in [-0.2, -0.15) is 0 Å². The van der Waals surface area contributed by atoms with E-state index in [9.17, 15) is 0 Å².